The van der Waals surface area contributed by atoms with Crippen LogP contribution in [-0.4, -0.2) is 10.7 Å². The first-order chi connectivity index (χ1) is 6.43. The minimum absolute atomic E-state index is 0.115. The lowest BCUT2D eigenvalue weighted by Crippen LogP contribution is -2.01. The Bertz CT molecular complexity index is 376. The molecule has 0 aliphatic heterocycles. The Hall–Kier alpha value is -0.980. The van der Waals surface area contributed by atoms with Crippen molar-refractivity contribution in [1.29, 1.82) is 0 Å². The first-order valence-electron chi connectivity index (χ1n) is 3.89. The summed E-state index contributed by atoms with van der Waals surface area (Å²) in [6.45, 7) is 3.10. The van der Waals surface area contributed by atoms with Crippen LogP contribution in [-0.2, 0) is 0 Å². The second kappa shape index (κ2) is 4.04. The van der Waals surface area contributed by atoms with Crippen LogP contribution < -0.4 is 0 Å². The highest BCUT2D eigenvalue weighted by Crippen LogP contribution is 2.24. The number of nitro benzene ring substituents is 1. The first-order valence-corrected chi connectivity index (χ1v) is 4.97. The van der Waals surface area contributed by atoms with Crippen LogP contribution in [0.4, 0.5) is 5.69 Å². The Morgan fingerprint density at radius 3 is 2.50 bits per heavy atom. The fourth-order valence-corrected chi connectivity index (χ4v) is 1.57. The lowest BCUT2D eigenvalue weighted by Gasteiger charge is -2.02. The van der Waals surface area contributed by atoms with Crippen LogP contribution in [0.2, 0.25) is 0 Å². The molecule has 0 aromatic heterocycles. The predicted molar refractivity (Wildman–Crippen MR) is 60.6 cm³/mol. The van der Waals surface area contributed by atoms with Gasteiger partial charge in [0.25, 0.3) is 5.69 Å². The zero-order valence-corrected chi connectivity index (χ0v) is 9.86. The molecule has 0 aliphatic carbocycles. The Kier molecular flexibility index (Phi) is 3.20. The summed E-state index contributed by atoms with van der Waals surface area (Å²) in [4.78, 5) is 21.2. The van der Waals surface area contributed by atoms with Gasteiger partial charge in [0.1, 0.15) is 0 Å². The predicted octanol–water partition coefficient (Wildman–Crippen LogP) is 2.71. The van der Waals surface area contributed by atoms with Gasteiger partial charge >= 0.3 is 0 Å². The molecule has 0 heterocycles. The van der Waals surface area contributed by atoms with Crippen molar-refractivity contribution in [2.24, 2.45) is 0 Å². The van der Waals surface area contributed by atoms with Gasteiger partial charge in [-0.05, 0) is 48.1 Å². The maximum absolute atomic E-state index is 11.1. The van der Waals surface area contributed by atoms with E-state index in [1.165, 1.54) is 13.0 Å². The fourth-order valence-electron chi connectivity index (χ4n) is 1.10. The van der Waals surface area contributed by atoms with E-state index in [0.717, 1.165) is 9.13 Å². The van der Waals surface area contributed by atoms with E-state index in [4.69, 9.17) is 0 Å². The van der Waals surface area contributed by atoms with Gasteiger partial charge in [-0.3, -0.25) is 14.9 Å². The van der Waals surface area contributed by atoms with Gasteiger partial charge in [-0.15, -0.1) is 0 Å². The molecule has 0 atom stereocenters. The van der Waals surface area contributed by atoms with Gasteiger partial charge in [0.15, 0.2) is 5.78 Å². The summed E-state index contributed by atoms with van der Waals surface area (Å²) in [5.41, 5.74) is 0.864. The van der Waals surface area contributed by atoms with Gasteiger partial charge in [-0.25, -0.2) is 0 Å². The summed E-state index contributed by atoms with van der Waals surface area (Å²) in [5.74, 6) is -0.283. The molecule has 74 valence electrons. The molecule has 1 aromatic carbocycles. The van der Waals surface area contributed by atoms with E-state index < -0.39 is 4.92 Å². The van der Waals surface area contributed by atoms with Crippen molar-refractivity contribution in [1.82, 2.24) is 0 Å². The monoisotopic (exact) mass is 305 g/mol. The molecule has 0 radical (unpaired) electrons. The number of aryl methyl sites for hydroxylation is 1. The lowest BCUT2D eigenvalue weighted by atomic mass is 10.1. The zero-order chi connectivity index (χ0) is 10.9. The molecule has 0 fully saturated rings. The van der Waals surface area contributed by atoms with Gasteiger partial charge in [0.05, 0.1) is 10.5 Å². The third-order valence-corrected chi connectivity index (χ3v) is 3.02. The highest BCUT2D eigenvalue weighted by Gasteiger charge is 2.18. The van der Waals surface area contributed by atoms with E-state index in [2.05, 4.69) is 0 Å². The summed E-state index contributed by atoms with van der Waals surface area (Å²) in [5, 5.41) is 10.6. The quantitative estimate of drug-likeness (QED) is 0.365. The van der Waals surface area contributed by atoms with Crippen LogP contribution in [0.1, 0.15) is 22.8 Å². The highest BCUT2D eigenvalue weighted by atomic mass is 127. The van der Waals surface area contributed by atoms with E-state index in [1.807, 2.05) is 22.6 Å². The minimum Gasteiger partial charge on any atom is -0.294 e. The van der Waals surface area contributed by atoms with E-state index in [1.54, 1.807) is 13.0 Å². The number of carbonyl (C=O) groups is 1. The van der Waals surface area contributed by atoms with Crippen molar-refractivity contribution in [3.63, 3.8) is 0 Å². The van der Waals surface area contributed by atoms with Crippen molar-refractivity contribution in [2.45, 2.75) is 13.8 Å². The van der Waals surface area contributed by atoms with Crippen LogP contribution in [0.25, 0.3) is 0 Å². The number of rotatable bonds is 2. The molecule has 1 aromatic rings. The van der Waals surface area contributed by atoms with Gasteiger partial charge in [0.2, 0.25) is 0 Å². The molecule has 0 spiro atoms. The Morgan fingerprint density at radius 1 is 1.50 bits per heavy atom. The SMILES string of the molecule is CC(=O)c1cc(I)c(C)cc1[N+](=O)[O-]. The summed E-state index contributed by atoms with van der Waals surface area (Å²) in [6, 6.07) is 2.98. The number of carbonyl (C=O) groups excluding carboxylic acids is 1. The van der Waals surface area contributed by atoms with Gasteiger partial charge < -0.3 is 0 Å². The largest absolute Gasteiger partial charge is 0.294 e. The number of hydrogen-bond donors (Lipinski definition) is 0. The van der Waals surface area contributed by atoms with Crippen LogP contribution in [0.5, 0.6) is 0 Å². The molecule has 0 aliphatic rings. The first kappa shape index (κ1) is 11.1. The Labute approximate surface area is 94.6 Å². The third-order valence-electron chi connectivity index (χ3n) is 1.85. The number of benzene rings is 1. The second-order valence-electron chi connectivity index (χ2n) is 2.93. The number of Topliss-reactive ketones (excluding diaryl/α,β-unsaturated/α-hetero) is 1. The molecule has 0 saturated heterocycles. The standard InChI is InChI=1S/C9H8INO3/c1-5-3-9(11(13)14)7(6(2)12)4-8(5)10/h3-4H,1-2H3. The van der Waals surface area contributed by atoms with Gasteiger partial charge in [-0.2, -0.15) is 0 Å². The number of nitrogens with zero attached hydrogens (tertiary/aromatic N) is 1. The summed E-state index contributed by atoms with van der Waals surface area (Å²) < 4.78 is 0.860. The van der Waals surface area contributed by atoms with E-state index in [0.29, 0.717) is 0 Å². The average molecular weight is 305 g/mol. The zero-order valence-electron chi connectivity index (χ0n) is 7.70. The molecule has 14 heavy (non-hydrogen) atoms. The molecular weight excluding hydrogens is 297 g/mol. The molecule has 0 N–H and O–H groups in total. The van der Waals surface area contributed by atoms with Crippen molar-refractivity contribution < 1.29 is 9.72 Å². The topological polar surface area (TPSA) is 60.2 Å². The average Bonchev–Trinajstić information content (AvgIpc) is 2.08. The fraction of sp³-hybridized carbons (Fsp3) is 0.222. The van der Waals surface area contributed by atoms with Crippen LogP contribution in [0.15, 0.2) is 12.1 Å². The summed E-state index contributed by atoms with van der Waals surface area (Å²) in [7, 11) is 0. The minimum atomic E-state index is -0.528. The van der Waals surface area contributed by atoms with Crippen LogP contribution in [0.3, 0.4) is 0 Å². The van der Waals surface area contributed by atoms with Crippen molar-refractivity contribution in [3.05, 3.63) is 36.9 Å². The number of halogens is 1. The van der Waals surface area contributed by atoms with Crippen molar-refractivity contribution >= 4 is 34.1 Å². The normalized spacial score (nSPS) is 9.93. The Balaban J connectivity index is 3.46. The van der Waals surface area contributed by atoms with Gasteiger partial charge in [0, 0.05) is 9.64 Å². The number of hydrogen-bond acceptors (Lipinski definition) is 3. The molecule has 0 amide bonds. The number of ketones is 1. The maximum Gasteiger partial charge on any atom is 0.280 e. The van der Waals surface area contributed by atoms with Crippen LogP contribution in [0, 0.1) is 20.6 Å². The molecule has 1 rings (SSSR count). The van der Waals surface area contributed by atoms with E-state index in [-0.39, 0.29) is 17.0 Å². The molecule has 0 bridgehead atoms. The van der Waals surface area contributed by atoms with Gasteiger partial charge in [-0.1, -0.05) is 0 Å². The van der Waals surface area contributed by atoms with E-state index >= 15 is 0 Å². The molecular formula is C9H8INO3. The highest BCUT2D eigenvalue weighted by molar-refractivity contribution is 14.1. The van der Waals surface area contributed by atoms with Crippen LogP contribution >= 0.6 is 22.6 Å². The van der Waals surface area contributed by atoms with Crippen molar-refractivity contribution in [2.75, 3.05) is 0 Å². The summed E-state index contributed by atoms with van der Waals surface area (Å²) >= 11 is 2.05. The third kappa shape index (κ3) is 2.09. The molecule has 4 nitrogen and oxygen atoms in total. The molecule has 0 saturated carbocycles. The second-order valence-corrected chi connectivity index (χ2v) is 4.09. The number of nitro groups is 1. The Morgan fingerprint density at radius 2 is 2.07 bits per heavy atom. The smallest absolute Gasteiger partial charge is 0.280 e. The van der Waals surface area contributed by atoms with E-state index in [9.17, 15) is 14.9 Å². The maximum atomic E-state index is 11.1. The van der Waals surface area contributed by atoms with Crippen molar-refractivity contribution in [3.8, 4) is 0 Å². The summed E-state index contributed by atoms with van der Waals surface area (Å²) in [6.07, 6.45) is 0. The lowest BCUT2D eigenvalue weighted by molar-refractivity contribution is -0.385. The molecule has 5 heteroatoms. The molecule has 0 unspecified atom stereocenters.